The van der Waals surface area contributed by atoms with Gasteiger partial charge in [0.15, 0.2) is 11.5 Å². The van der Waals surface area contributed by atoms with Crippen LogP contribution in [0, 0.1) is 81.1 Å². The van der Waals surface area contributed by atoms with Crippen molar-refractivity contribution in [2.24, 2.45) is 0 Å². The quantitative estimate of drug-likeness (QED) is 0.0242. The molecule has 0 atom stereocenters. The van der Waals surface area contributed by atoms with Crippen molar-refractivity contribution < 1.29 is 65.3 Å². The van der Waals surface area contributed by atoms with Crippen LogP contribution in [0.4, 0.5) is 74.4 Å². The molecule has 29 nitrogen and oxygen atoms in total. The van der Waals surface area contributed by atoms with Crippen LogP contribution in [-0.2, 0) is 0 Å². The number of rotatable bonds is 24. The van der Waals surface area contributed by atoms with Crippen molar-refractivity contribution in [1.82, 2.24) is 54.8 Å². The molecular formula is C114H87F4N19O10. The molecule has 726 valence electrons. The number of carbonyl (C=O) groups is 6. The fourth-order valence-electron chi connectivity index (χ4n) is 13.3. The Balaban J connectivity index is 0.000000147. The van der Waals surface area contributed by atoms with Gasteiger partial charge in [0.05, 0.1) is 85.2 Å². The van der Waals surface area contributed by atoms with E-state index < -0.39 is 35.1 Å². The van der Waals surface area contributed by atoms with E-state index in [0.717, 1.165) is 40.1 Å². The molecule has 6 N–H and O–H groups in total. The molecule has 0 saturated carbocycles. The number of hydrogen-bond donors (Lipinski definition) is 6. The molecule has 18 rings (SSSR count). The summed E-state index contributed by atoms with van der Waals surface area (Å²) in [6.45, 7) is 5.64. The van der Waals surface area contributed by atoms with Gasteiger partial charge in [-0.25, -0.2) is 62.4 Å². The molecule has 18 aromatic rings. The molecule has 33 heteroatoms. The number of carbonyl (C=O) groups excluding carboxylic acids is 6. The zero-order chi connectivity index (χ0) is 104. The van der Waals surface area contributed by atoms with Crippen LogP contribution >= 0.6 is 0 Å². The molecule has 0 radical (unpaired) electrons. The van der Waals surface area contributed by atoms with Crippen LogP contribution in [0.3, 0.4) is 0 Å². The predicted molar refractivity (Wildman–Crippen MR) is 554 cm³/mol. The van der Waals surface area contributed by atoms with Gasteiger partial charge in [-0.2, -0.15) is 0 Å². The van der Waals surface area contributed by atoms with Crippen molar-refractivity contribution >= 4 is 92.3 Å². The summed E-state index contributed by atoms with van der Waals surface area (Å²) in [5, 5.41) is 16.4. The highest BCUT2D eigenvalue weighted by atomic mass is 19.1. The lowest BCUT2D eigenvalue weighted by Gasteiger charge is -2.19. The number of aromatic nitrogens is 11. The van der Waals surface area contributed by atoms with E-state index >= 15 is 0 Å². The maximum absolute atomic E-state index is 14.1. The zero-order valence-corrected chi connectivity index (χ0v) is 79.0. The normalized spacial score (nSPS) is 10.1. The van der Waals surface area contributed by atoms with Gasteiger partial charge in [0, 0.05) is 153 Å². The second-order valence-electron chi connectivity index (χ2n) is 31.3. The largest absolute Gasteiger partial charge is 0.456 e. The van der Waals surface area contributed by atoms with Crippen molar-refractivity contribution in [1.29, 1.82) is 0 Å². The summed E-state index contributed by atoms with van der Waals surface area (Å²) < 4.78 is 77.1. The summed E-state index contributed by atoms with van der Waals surface area (Å²) in [6.07, 6.45) is 40.1. The number of aryl methyl sites for hydroxylation is 3. The van der Waals surface area contributed by atoms with Crippen LogP contribution in [-0.4, -0.2) is 104 Å². The molecule has 6 amide bonds. The van der Waals surface area contributed by atoms with E-state index in [9.17, 15) is 46.3 Å². The van der Waals surface area contributed by atoms with Crippen LogP contribution in [0.2, 0.25) is 0 Å². The van der Waals surface area contributed by atoms with E-state index in [-0.39, 0.29) is 63.6 Å². The molecule has 0 fully saturated rings. The number of anilines is 10. The number of nitrogens with zero attached hydrogens (tertiary/aromatic N) is 13. The monoisotopic (exact) mass is 1960 g/mol. The molecule has 0 saturated heterocycles. The molecule has 0 aliphatic heterocycles. The Labute approximate surface area is 842 Å². The molecule has 147 heavy (non-hydrogen) atoms. The molecule has 0 aliphatic carbocycles. The summed E-state index contributed by atoms with van der Waals surface area (Å²) in [5.41, 5.74) is 13.1. The van der Waals surface area contributed by atoms with E-state index in [1.807, 2.05) is 111 Å². The van der Waals surface area contributed by atoms with E-state index in [1.54, 1.807) is 208 Å². The van der Waals surface area contributed by atoms with Gasteiger partial charge in [0.1, 0.15) is 88.8 Å². The zero-order valence-electron chi connectivity index (χ0n) is 79.0. The van der Waals surface area contributed by atoms with Crippen LogP contribution in [0.1, 0.15) is 95.8 Å². The standard InChI is InChI=1S/C20H13FN2O2.C20H16N4O.C19H17FN4O.C19H12FN3O2.C19H16N2O2.C17H13FN4O2/c1-2-14-5-3-6-15(9-14)20(24)23-17-7-4-8-18(11-17)25-19-10-16(21)12-22-13-19;1-3-15-6-4-7-16(10-15)20(25)23-17-8-5-9-18(11-17)24(2)19-12-21-14-22-13-19;1-13-4-3-5-14(8-13)19(25)23-18-9-15(6-7-17(18)20)24(2)16-10-21-12-22-11-16;1-2-13-4-3-5-14(6-13)19(24)23-16-7-15(20)8-17(9-16)25-18-10-21-12-22-11-18;1-14-5-2-6-15(11-14)19(22)21-16-7-3-8-17(12-16)23-18-9-4-10-20-13-18;1-11-3-2-4-16(21-11)17(23)22-13-5-12(18)6-14(7-13)24-15-8-19-10-20-9-15/h1,3-13H,(H,23,24);1,4-14H,2H3,(H,23,25);3-12H,1-2H3,(H,23,25);1,3-12H,(H,23,24);2-13H,1H3,(H,21,22);2-10H,1H3,(H,22,23). The Kier molecular flexibility index (Phi) is 36.8. The molecular weight excluding hydrogens is 1870 g/mol. The number of amides is 6. The highest BCUT2D eigenvalue weighted by Gasteiger charge is 2.19. The van der Waals surface area contributed by atoms with Gasteiger partial charge in [0.2, 0.25) is 0 Å². The lowest BCUT2D eigenvalue weighted by molar-refractivity contribution is 0.101. The first kappa shape index (κ1) is 104. The SMILES string of the molecule is C#Cc1cccc(C(=O)Nc2cc(F)cc(Oc3cncnc3)c2)c1.C#Cc1cccc(C(=O)Nc2cccc(N(C)c3cncnc3)c2)c1.C#Cc1cccc(C(=O)Nc2cccc(Oc3cncc(F)c3)c2)c1.Cc1cccc(C(=O)Nc2cc(F)cc(Oc3cncnc3)c2)n1.Cc1cccc(C(=O)Nc2cc(N(C)c3cncnc3)ccc2F)c1.Cc1cccc(C(=O)Nc2cccc(Oc3cccnc3)c2)c1. The number of hydrogen-bond acceptors (Lipinski definition) is 23. The smallest absolute Gasteiger partial charge is 0.274 e. The number of ether oxygens (including phenoxy) is 4. The van der Waals surface area contributed by atoms with Gasteiger partial charge in [-0.3, -0.25) is 38.7 Å². The van der Waals surface area contributed by atoms with E-state index in [0.29, 0.717) is 96.0 Å². The summed E-state index contributed by atoms with van der Waals surface area (Å²) >= 11 is 0. The summed E-state index contributed by atoms with van der Waals surface area (Å²) in [5.74, 6) is 6.70. The number of nitrogens with one attached hydrogen (secondary N) is 6. The van der Waals surface area contributed by atoms with Gasteiger partial charge in [-0.1, -0.05) is 95.6 Å². The summed E-state index contributed by atoms with van der Waals surface area (Å²) in [7, 11) is 3.73. The van der Waals surface area contributed by atoms with E-state index in [1.165, 1.54) is 105 Å². The van der Waals surface area contributed by atoms with E-state index in [2.05, 4.69) is 104 Å². The van der Waals surface area contributed by atoms with E-state index in [4.69, 9.17) is 38.2 Å². The Morgan fingerprint density at radius 3 is 1.08 bits per heavy atom. The lowest BCUT2D eigenvalue weighted by atomic mass is 10.1. The third-order valence-electron chi connectivity index (χ3n) is 20.3. The second kappa shape index (κ2) is 52.3. The maximum Gasteiger partial charge on any atom is 0.274 e. The Morgan fingerprint density at radius 1 is 0.279 bits per heavy atom. The fraction of sp³-hybridized carbons (Fsp3) is 0.0439. The van der Waals surface area contributed by atoms with Crippen LogP contribution in [0.25, 0.3) is 0 Å². The first-order valence-corrected chi connectivity index (χ1v) is 44.4. The number of terminal acetylenes is 3. The molecule has 11 aromatic carbocycles. The number of benzene rings is 11. The van der Waals surface area contributed by atoms with Gasteiger partial charge in [-0.05, 0) is 197 Å². The molecule has 0 unspecified atom stereocenters. The number of pyridine rings is 3. The Hall–Kier alpha value is -20.8. The van der Waals surface area contributed by atoms with Crippen molar-refractivity contribution in [3.63, 3.8) is 0 Å². The average Bonchev–Trinajstić information content (AvgIpc) is 0.824. The minimum Gasteiger partial charge on any atom is -0.456 e. The molecule has 7 aromatic heterocycles. The topological polar surface area (TPSA) is 360 Å². The predicted octanol–water partition coefficient (Wildman–Crippen LogP) is 23.1. The van der Waals surface area contributed by atoms with Crippen LogP contribution in [0.5, 0.6) is 46.0 Å². The van der Waals surface area contributed by atoms with Crippen molar-refractivity contribution in [3.8, 4) is 83.0 Å². The molecule has 7 heterocycles. The van der Waals surface area contributed by atoms with Crippen LogP contribution < -0.4 is 60.6 Å². The third-order valence-corrected chi connectivity index (χ3v) is 20.3. The first-order chi connectivity index (χ1) is 71.3. The highest BCUT2D eigenvalue weighted by molar-refractivity contribution is 6.08. The van der Waals surface area contributed by atoms with Gasteiger partial charge in [-0.15, -0.1) is 19.3 Å². The molecule has 0 spiro atoms. The molecule has 0 aliphatic rings. The van der Waals surface area contributed by atoms with Crippen LogP contribution in [0.15, 0.2) is 385 Å². The van der Waals surface area contributed by atoms with Gasteiger partial charge in [0.25, 0.3) is 35.4 Å². The summed E-state index contributed by atoms with van der Waals surface area (Å²) in [6, 6.07) is 78.8. The van der Waals surface area contributed by atoms with Crippen molar-refractivity contribution in [2.75, 3.05) is 55.8 Å². The minimum absolute atomic E-state index is 0.118. The third kappa shape index (κ3) is 32.4. The van der Waals surface area contributed by atoms with Crippen molar-refractivity contribution in [3.05, 3.63) is 475 Å². The minimum atomic E-state index is -0.554. The Bertz CT molecular complexity index is 7790. The highest BCUT2D eigenvalue weighted by Crippen LogP contribution is 2.33. The first-order valence-electron chi connectivity index (χ1n) is 44.4. The maximum atomic E-state index is 14.1. The number of halogens is 4. The van der Waals surface area contributed by atoms with Crippen molar-refractivity contribution in [2.45, 2.75) is 20.8 Å². The lowest BCUT2D eigenvalue weighted by Crippen LogP contribution is -2.15. The Morgan fingerprint density at radius 2 is 0.639 bits per heavy atom. The van der Waals surface area contributed by atoms with Gasteiger partial charge >= 0.3 is 0 Å². The second-order valence-corrected chi connectivity index (χ2v) is 31.3. The fourth-order valence-corrected chi connectivity index (χ4v) is 13.3. The average molecular weight is 1960 g/mol. The molecule has 0 bridgehead atoms. The summed E-state index contributed by atoms with van der Waals surface area (Å²) in [4.78, 5) is 121. The van der Waals surface area contributed by atoms with Gasteiger partial charge < -0.3 is 60.6 Å².